The van der Waals surface area contributed by atoms with Crippen molar-refractivity contribution in [1.29, 1.82) is 0 Å². The maximum absolute atomic E-state index is 12.2. The summed E-state index contributed by atoms with van der Waals surface area (Å²) in [5.41, 5.74) is 2.54. The summed E-state index contributed by atoms with van der Waals surface area (Å²) in [6, 6.07) is 5.79. The molecule has 0 saturated heterocycles. The van der Waals surface area contributed by atoms with Crippen molar-refractivity contribution in [3.05, 3.63) is 52.2 Å². The van der Waals surface area contributed by atoms with Gasteiger partial charge < -0.3 is 14.8 Å². The Labute approximate surface area is 160 Å². The molecule has 3 rings (SSSR count). The van der Waals surface area contributed by atoms with Crippen molar-refractivity contribution >= 4 is 30.8 Å². The van der Waals surface area contributed by atoms with E-state index < -0.39 is 0 Å². The Morgan fingerprint density at radius 1 is 1.24 bits per heavy atom. The molecule has 1 aliphatic rings. The van der Waals surface area contributed by atoms with Crippen LogP contribution < -0.4 is 10.9 Å². The van der Waals surface area contributed by atoms with Crippen molar-refractivity contribution in [2.24, 2.45) is 0 Å². The third kappa shape index (κ3) is 5.42. The van der Waals surface area contributed by atoms with Crippen LogP contribution in [0.1, 0.15) is 17.7 Å². The zero-order valence-corrected chi connectivity index (χ0v) is 16.1. The summed E-state index contributed by atoms with van der Waals surface area (Å²) in [5, 5.41) is 3.39. The zero-order valence-electron chi connectivity index (χ0n) is 14.5. The minimum Gasteiger partial charge on any atom is -0.351 e. The highest BCUT2D eigenvalue weighted by molar-refractivity contribution is 5.85. The lowest BCUT2D eigenvalue weighted by Crippen LogP contribution is -2.35. The number of halogens is 2. The lowest BCUT2D eigenvalue weighted by molar-refractivity contribution is 0.374. The molecule has 1 atom stereocenters. The van der Waals surface area contributed by atoms with E-state index in [4.69, 9.17) is 0 Å². The molecule has 2 aromatic rings. The van der Waals surface area contributed by atoms with Crippen molar-refractivity contribution in [2.75, 3.05) is 26.0 Å². The van der Waals surface area contributed by atoms with E-state index in [0.717, 1.165) is 32.4 Å². The van der Waals surface area contributed by atoms with E-state index in [2.05, 4.69) is 20.2 Å². The highest BCUT2D eigenvalue weighted by Crippen LogP contribution is 2.22. The standard InChI is InChI=1S/C17H23N5O.2ClH/c1-21(2)10-11-22-15-6-5-14(12-13(15)4-7-16(22)23)20-17-18-8-3-9-19-17;;/h3-4,7-9,14H,5-6,10-12H2,1-2H3,(H,18,19,20);2*1H. The van der Waals surface area contributed by atoms with E-state index >= 15 is 0 Å². The Kier molecular flexibility index (Phi) is 8.35. The van der Waals surface area contributed by atoms with Gasteiger partial charge in [-0.2, -0.15) is 0 Å². The molecule has 138 valence electrons. The van der Waals surface area contributed by atoms with Crippen LogP contribution in [0.25, 0.3) is 0 Å². The molecular formula is C17H25Cl2N5O. The average Bonchev–Trinajstić information content (AvgIpc) is 2.55. The average molecular weight is 386 g/mol. The normalized spacial score (nSPS) is 15.7. The van der Waals surface area contributed by atoms with Gasteiger partial charge in [0.05, 0.1) is 0 Å². The van der Waals surface area contributed by atoms with Crippen molar-refractivity contribution in [3.8, 4) is 0 Å². The number of aromatic nitrogens is 3. The minimum absolute atomic E-state index is 0. The van der Waals surface area contributed by atoms with Gasteiger partial charge in [-0.15, -0.1) is 24.8 Å². The second-order valence-electron chi connectivity index (χ2n) is 6.25. The Balaban J connectivity index is 0.00000156. The minimum atomic E-state index is 0. The summed E-state index contributed by atoms with van der Waals surface area (Å²) in [6.45, 7) is 1.62. The monoisotopic (exact) mass is 385 g/mol. The zero-order chi connectivity index (χ0) is 16.2. The first-order valence-corrected chi connectivity index (χ1v) is 8.03. The third-order valence-electron chi connectivity index (χ3n) is 4.26. The number of hydrogen-bond acceptors (Lipinski definition) is 5. The number of hydrogen-bond donors (Lipinski definition) is 1. The van der Waals surface area contributed by atoms with Gasteiger partial charge in [0.15, 0.2) is 0 Å². The number of rotatable bonds is 5. The van der Waals surface area contributed by atoms with E-state index in [0.29, 0.717) is 12.0 Å². The molecule has 8 heteroatoms. The molecule has 2 heterocycles. The third-order valence-corrected chi connectivity index (χ3v) is 4.26. The molecule has 2 aromatic heterocycles. The van der Waals surface area contributed by atoms with Crippen molar-refractivity contribution in [2.45, 2.75) is 31.8 Å². The summed E-state index contributed by atoms with van der Waals surface area (Å²) >= 11 is 0. The lowest BCUT2D eigenvalue weighted by Gasteiger charge is -2.28. The quantitative estimate of drug-likeness (QED) is 0.852. The predicted molar refractivity (Wildman–Crippen MR) is 105 cm³/mol. The van der Waals surface area contributed by atoms with Crippen LogP contribution in [0.3, 0.4) is 0 Å². The molecular weight excluding hydrogens is 361 g/mol. The SMILES string of the molecule is CN(C)CCn1c2c(ccc1=O)CC(Nc1ncccn1)CC2.Cl.Cl. The molecule has 0 spiro atoms. The van der Waals surface area contributed by atoms with Gasteiger partial charge in [0.1, 0.15) is 0 Å². The number of nitrogens with one attached hydrogen (secondary N) is 1. The molecule has 6 nitrogen and oxygen atoms in total. The molecule has 0 aliphatic heterocycles. The van der Waals surface area contributed by atoms with E-state index in [9.17, 15) is 4.79 Å². The highest BCUT2D eigenvalue weighted by Gasteiger charge is 2.22. The van der Waals surface area contributed by atoms with E-state index in [1.807, 2.05) is 30.8 Å². The van der Waals surface area contributed by atoms with E-state index in [1.54, 1.807) is 18.5 Å². The highest BCUT2D eigenvalue weighted by atomic mass is 35.5. The maximum atomic E-state index is 12.2. The largest absolute Gasteiger partial charge is 0.351 e. The van der Waals surface area contributed by atoms with Crippen molar-refractivity contribution in [1.82, 2.24) is 19.4 Å². The summed E-state index contributed by atoms with van der Waals surface area (Å²) in [4.78, 5) is 22.7. The van der Waals surface area contributed by atoms with Gasteiger partial charge >= 0.3 is 0 Å². The second-order valence-corrected chi connectivity index (χ2v) is 6.25. The summed E-state index contributed by atoms with van der Waals surface area (Å²) in [6.07, 6.45) is 6.27. The smallest absolute Gasteiger partial charge is 0.250 e. The molecule has 1 aliphatic carbocycles. The van der Waals surface area contributed by atoms with Crippen LogP contribution in [0.5, 0.6) is 0 Å². The van der Waals surface area contributed by atoms with Crippen LogP contribution in [-0.4, -0.2) is 46.1 Å². The summed E-state index contributed by atoms with van der Waals surface area (Å²) < 4.78 is 1.94. The van der Waals surface area contributed by atoms with Gasteiger partial charge in [-0.1, -0.05) is 6.07 Å². The predicted octanol–water partition coefficient (Wildman–Crippen LogP) is 2.01. The first-order valence-electron chi connectivity index (χ1n) is 8.03. The number of fused-ring (bicyclic) bond motifs is 1. The van der Waals surface area contributed by atoms with Gasteiger partial charge in [0.25, 0.3) is 5.56 Å². The van der Waals surface area contributed by atoms with Gasteiger partial charge in [-0.25, -0.2) is 9.97 Å². The first-order chi connectivity index (χ1) is 11.1. The molecule has 1 unspecified atom stereocenters. The molecule has 0 amide bonds. The number of anilines is 1. The second kappa shape index (κ2) is 9.75. The van der Waals surface area contributed by atoms with Crippen LogP contribution in [-0.2, 0) is 19.4 Å². The van der Waals surface area contributed by atoms with Gasteiger partial charge in [-0.05, 0) is 45.0 Å². The fraction of sp³-hybridized carbons (Fsp3) is 0.471. The van der Waals surface area contributed by atoms with Crippen LogP contribution in [0.4, 0.5) is 5.95 Å². The maximum Gasteiger partial charge on any atom is 0.250 e. The molecule has 1 N–H and O–H groups in total. The number of pyridine rings is 1. The van der Waals surface area contributed by atoms with Gasteiger partial charge in [0, 0.05) is 43.3 Å². The molecule has 0 bridgehead atoms. The summed E-state index contributed by atoms with van der Waals surface area (Å²) in [7, 11) is 4.06. The van der Waals surface area contributed by atoms with Crippen LogP contribution in [0.15, 0.2) is 35.4 Å². The van der Waals surface area contributed by atoms with Crippen LogP contribution in [0.2, 0.25) is 0 Å². The Hall–Kier alpha value is -1.63. The molecule has 0 aromatic carbocycles. The van der Waals surface area contributed by atoms with Crippen molar-refractivity contribution in [3.63, 3.8) is 0 Å². The van der Waals surface area contributed by atoms with Crippen molar-refractivity contribution < 1.29 is 0 Å². The molecule has 25 heavy (non-hydrogen) atoms. The number of nitrogens with zero attached hydrogens (tertiary/aromatic N) is 4. The molecule has 0 saturated carbocycles. The van der Waals surface area contributed by atoms with E-state index in [1.165, 1.54) is 11.3 Å². The topological polar surface area (TPSA) is 63.1 Å². The van der Waals surface area contributed by atoms with E-state index in [-0.39, 0.29) is 30.4 Å². The molecule has 0 radical (unpaired) electrons. The molecule has 0 fully saturated rings. The lowest BCUT2D eigenvalue weighted by atomic mass is 9.91. The Morgan fingerprint density at radius 3 is 2.64 bits per heavy atom. The van der Waals surface area contributed by atoms with Gasteiger partial charge in [-0.3, -0.25) is 4.79 Å². The first kappa shape index (κ1) is 21.4. The van der Waals surface area contributed by atoms with Crippen LogP contribution >= 0.6 is 24.8 Å². The Morgan fingerprint density at radius 2 is 1.96 bits per heavy atom. The van der Waals surface area contributed by atoms with Gasteiger partial charge in [0.2, 0.25) is 5.95 Å². The fourth-order valence-corrected chi connectivity index (χ4v) is 3.05. The summed E-state index contributed by atoms with van der Waals surface area (Å²) in [5.74, 6) is 0.668. The fourth-order valence-electron chi connectivity index (χ4n) is 3.05. The van der Waals surface area contributed by atoms with Crippen LogP contribution in [0, 0.1) is 0 Å². The Bertz CT molecular complexity index is 721. The number of likely N-dealkylation sites (N-methyl/N-ethyl adjacent to an activating group) is 1.